The molecule has 1 aromatic heterocycles. The van der Waals surface area contributed by atoms with Gasteiger partial charge in [-0.2, -0.15) is 5.10 Å². The Morgan fingerprint density at radius 1 is 1.04 bits per heavy atom. The van der Waals surface area contributed by atoms with Crippen LogP contribution in [0.25, 0.3) is 10.9 Å². The number of amides is 1. The van der Waals surface area contributed by atoms with Crippen LogP contribution in [0.15, 0.2) is 24.4 Å². The second-order valence-corrected chi connectivity index (χ2v) is 7.43. The molecule has 5 heterocycles. The lowest BCUT2D eigenvalue weighted by Gasteiger charge is -2.50. The van der Waals surface area contributed by atoms with Crippen LogP contribution in [-0.4, -0.2) is 58.2 Å². The van der Waals surface area contributed by atoms with Gasteiger partial charge in [-0.1, -0.05) is 12.1 Å². The van der Waals surface area contributed by atoms with Gasteiger partial charge in [-0.3, -0.25) is 9.48 Å². The number of fused-ring (bicyclic) bond motifs is 3. The van der Waals surface area contributed by atoms with Gasteiger partial charge in [0.25, 0.3) is 5.91 Å². The largest absolute Gasteiger partial charge is 0.336 e. The van der Waals surface area contributed by atoms with Crippen LogP contribution in [0.2, 0.25) is 0 Å². The molecule has 0 saturated carbocycles. The van der Waals surface area contributed by atoms with Crippen LogP contribution in [0.4, 0.5) is 0 Å². The summed E-state index contributed by atoms with van der Waals surface area (Å²) >= 11 is 0. The van der Waals surface area contributed by atoms with Crippen molar-refractivity contribution in [3.63, 3.8) is 0 Å². The summed E-state index contributed by atoms with van der Waals surface area (Å²) < 4.78 is 2.00. The van der Waals surface area contributed by atoms with Gasteiger partial charge in [-0.25, -0.2) is 0 Å². The van der Waals surface area contributed by atoms with Crippen LogP contribution >= 0.6 is 12.4 Å². The first kappa shape index (κ1) is 15.9. The Labute approximate surface area is 148 Å². The summed E-state index contributed by atoms with van der Waals surface area (Å²) in [5.74, 6) is 0.192. The summed E-state index contributed by atoms with van der Waals surface area (Å²) in [5.41, 5.74) is 2.18. The Kier molecular flexibility index (Phi) is 3.81. The normalized spacial score (nSPS) is 28.8. The molecule has 3 saturated heterocycles. The second kappa shape index (κ2) is 5.74. The number of halogens is 1. The van der Waals surface area contributed by atoms with Gasteiger partial charge in [0.05, 0.1) is 23.8 Å². The average molecular weight is 347 g/mol. The molecule has 128 valence electrons. The minimum Gasteiger partial charge on any atom is -0.336 e. The van der Waals surface area contributed by atoms with E-state index >= 15 is 0 Å². The third-order valence-corrected chi connectivity index (χ3v) is 6.16. The van der Waals surface area contributed by atoms with Crippen LogP contribution < -0.4 is 0 Å². The lowest BCUT2D eigenvalue weighted by molar-refractivity contribution is 0.000381. The summed E-state index contributed by atoms with van der Waals surface area (Å²) in [6, 6.07) is 5.98. The monoisotopic (exact) mass is 346 g/mol. The Morgan fingerprint density at radius 2 is 1.79 bits per heavy atom. The number of piperidine rings is 3. The van der Waals surface area contributed by atoms with E-state index in [4.69, 9.17) is 0 Å². The maximum absolute atomic E-state index is 13.1. The van der Waals surface area contributed by atoms with Crippen molar-refractivity contribution in [3.8, 4) is 0 Å². The third-order valence-electron chi connectivity index (χ3n) is 6.16. The van der Waals surface area contributed by atoms with Crippen LogP contribution in [0.5, 0.6) is 0 Å². The summed E-state index contributed by atoms with van der Waals surface area (Å²) in [6.45, 7) is 6.11. The van der Waals surface area contributed by atoms with Gasteiger partial charge >= 0.3 is 0 Å². The minimum absolute atomic E-state index is 0. The lowest BCUT2D eigenvalue weighted by atomic mass is 9.71. The molecule has 0 spiro atoms. The van der Waals surface area contributed by atoms with E-state index in [1.807, 2.05) is 29.1 Å². The molecule has 4 aliphatic rings. The van der Waals surface area contributed by atoms with E-state index in [9.17, 15) is 4.79 Å². The van der Waals surface area contributed by atoms with Gasteiger partial charge < -0.3 is 9.80 Å². The second-order valence-electron chi connectivity index (χ2n) is 7.43. The SMILES string of the molecule is Cl.O=C1c2cccc3cnn(c23)CCN1CC12CCN(CC1)CC2. The molecule has 0 atom stereocenters. The molecule has 4 aliphatic heterocycles. The van der Waals surface area contributed by atoms with E-state index in [0.717, 1.165) is 36.1 Å². The third kappa shape index (κ3) is 2.33. The summed E-state index contributed by atoms with van der Waals surface area (Å²) in [7, 11) is 0. The molecule has 6 heteroatoms. The van der Waals surface area contributed by atoms with Crippen molar-refractivity contribution in [2.24, 2.45) is 5.41 Å². The first-order valence-electron chi connectivity index (χ1n) is 8.70. The zero-order valence-electron chi connectivity index (χ0n) is 13.8. The topological polar surface area (TPSA) is 41.4 Å². The molecule has 3 fully saturated rings. The number of hydrogen-bond acceptors (Lipinski definition) is 3. The molecule has 0 aliphatic carbocycles. The summed E-state index contributed by atoms with van der Waals surface area (Å²) in [4.78, 5) is 17.8. The van der Waals surface area contributed by atoms with Crippen LogP contribution in [0, 0.1) is 5.41 Å². The van der Waals surface area contributed by atoms with Crippen molar-refractivity contribution in [1.29, 1.82) is 0 Å². The highest BCUT2D eigenvalue weighted by Gasteiger charge is 2.41. The minimum atomic E-state index is 0. The van der Waals surface area contributed by atoms with E-state index in [-0.39, 0.29) is 18.3 Å². The molecular weight excluding hydrogens is 324 g/mol. The van der Waals surface area contributed by atoms with Crippen molar-refractivity contribution in [2.75, 3.05) is 32.7 Å². The summed E-state index contributed by atoms with van der Waals surface area (Å²) in [5, 5.41) is 5.55. The number of para-hydroxylation sites is 1. The predicted octanol–water partition coefficient (Wildman–Crippen LogP) is 2.40. The zero-order valence-corrected chi connectivity index (χ0v) is 14.6. The number of aromatic nitrogens is 2. The Balaban J connectivity index is 0.00000146. The molecule has 2 bridgehead atoms. The predicted molar refractivity (Wildman–Crippen MR) is 95.6 cm³/mol. The highest BCUT2D eigenvalue weighted by Crippen LogP contribution is 2.41. The Morgan fingerprint density at radius 3 is 2.54 bits per heavy atom. The van der Waals surface area contributed by atoms with E-state index in [1.54, 1.807) is 0 Å². The fraction of sp³-hybridized carbons (Fsp3) is 0.556. The van der Waals surface area contributed by atoms with Gasteiger partial charge in [0.1, 0.15) is 0 Å². The van der Waals surface area contributed by atoms with Crippen LogP contribution in [0.1, 0.15) is 29.6 Å². The highest BCUT2D eigenvalue weighted by atomic mass is 35.5. The molecule has 0 N–H and O–H groups in total. The lowest BCUT2D eigenvalue weighted by Crippen LogP contribution is -2.53. The highest BCUT2D eigenvalue weighted by molar-refractivity contribution is 6.06. The first-order chi connectivity index (χ1) is 11.2. The number of nitrogens with zero attached hydrogens (tertiary/aromatic N) is 4. The fourth-order valence-electron chi connectivity index (χ4n) is 4.66. The molecule has 24 heavy (non-hydrogen) atoms. The molecular formula is C18H23ClN4O. The van der Waals surface area contributed by atoms with E-state index in [0.29, 0.717) is 5.41 Å². The van der Waals surface area contributed by atoms with Gasteiger partial charge in [-0.05, 0) is 50.4 Å². The van der Waals surface area contributed by atoms with Crippen molar-refractivity contribution < 1.29 is 4.79 Å². The number of rotatable bonds is 2. The zero-order chi connectivity index (χ0) is 15.4. The van der Waals surface area contributed by atoms with Crippen molar-refractivity contribution in [3.05, 3.63) is 30.0 Å². The van der Waals surface area contributed by atoms with Gasteiger partial charge in [0.2, 0.25) is 0 Å². The fourth-order valence-corrected chi connectivity index (χ4v) is 4.66. The molecule has 0 radical (unpaired) electrons. The molecule has 2 aromatic rings. The summed E-state index contributed by atoms with van der Waals surface area (Å²) in [6.07, 6.45) is 5.60. The van der Waals surface area contributed by atoms with E-state index in [1.165, 1.54) is 38.9 Å². The Bertz CT molecular complexity index is 765. The molecule has 0 unspecified atom stereocenters. The van der Waals surface area contributed by atoms with Crippen molar-refractivity contribution in [1.82, 2.24) is 19.6 Å². The Hall–Kier alpha value is -1.59. The average Bonchev–Trinajstić information content (AvgIpc) is 2.97. The number of carbonyl (C=O) groups excluding carboxylic acids is 1. The van der Waals surface area contributed by atoms with Crippen molar-refractivity contribution >= 4 is 29.2 Å². The van der Waals surface area contributed by atoms with E-state index in [2.05, 4.69) is 14.9 Å². The molecule has 5 nitrogen and oxygen atoms in total. The first-order valence-corrected chi connectivity index (χ1v) is 8.70. The van der Waals surface area contributed by atoms with Gasteiger partial charge in [0.15, 0.2) is 0 Å². The maximum Gasteiger partial charge on any atom is 0.256 e. The molecule has 1 aromatic carbocycles. The number of carbonyl (C=O) groups is 1. The van der Waals surface area contributed by atoms with Crippen LogP contribution in [0.3, 0.4) is 0 Å². The maximum atomic E-state index is 13.1. The van der Waals surface area contributed by atoms with E-state index < -0.39 is 0 Å². The number of hydrogen-bond donors (Lipinski definition) is 0. The standard InChI is InChI=1S/C18H22N4O.ClH/c23-17-15-3-1-2-14-12-19-22(16(14)15)11-10-21(17)13-18-4-7-20(8-5-18)9-6-18;/h1-3,12H,4-11,13H2;1H. The number of benzene rings is 1. The van der Waals surface area contributed by atoms with Gasteiger partial charge in [0, 0.05) is 18.5 Å². The van der Waals surface area contributed by atoms with Crippen LogP contribution in [-0.2, 0) is 6.54 Å². The van der Waals surface area contributed by atoms with Gasteiger partial charge in [-0.15, -0.1) is 12.4 Å². The quantitative estimate of drug-likeness (QED) is 0.838. The van der Waals surface area contributed by atoms with Crippen molar-refractivity contribution in [2.45, 2.75) is 25.8 Å². The smallest absolute Gasteiger partial charge is 0.256 e. The molecule has 6 rings (SSSR count). The molecule has 1 amide bonds.